The summed E-state index contributed by atoms with van der Waals surface area (Å²) in [5, 5.41) is 17.5. The number of carboxylic acid groups (broad SMARTS) is 1. The van der Waals surface area contributed by atoms with Gasteiger partial charge in [0.25, 0.3) is 0 Å². The minimum absolute atomic E-state index is 0.0834. The number of hydrogen-bond donors (Lipinski definition) is 3. The predicted octanol–water partition coefficient (Wildman–Crippen LogP) is 0.0272. The third kappa shape index (κ3) is 3.52. The Labute approximate surface area is 105 Å². The number of nitrogens with one attached hydrogen (secondary N) is 1. The van der Waals surface area contributed by atoms with Crippen LogP contribution in [0.4, 0.5) is 0 Å². The van der Waals surface area contributed by atoms with Gasteiger partial charge in [-0.15, -0.1) is 0 Å². The van der Waals surface area contributed by atoms with Crippen molar-refractivity contribution in [1.82, 2.24) is 4.72 Å². The lowest BCUT2D eigenvalue weighted by Gasteiger charge is -2.11. The Balaban J connectivity index is 2.93. The fourth-order valence-electron chi connectivity index (χ4n) is 1.35. The molecule has 0 aliphatic carbocycles. The van der Waals surface area contributed by atoms with Crippen molar-refractivity contribution in [3.63, 3.8) is 0 Å². The number of carboxylic acids is 1. The second-order valence-corrected chi connectivity index (χ2v) is 5.71. The maximum Gasteiger partial charge on any atom is 0.333 e. The summed E-state index contributed by atoms with van der Waals surface area (Å²) in [7, 11) is -3.82. The van der Waals surface area contributed by atoms with Crippen LogP contribution in [0.15, 0.2) is 23.1 Å². The Morgan fingerprint density at radius 2 is 2.00 bits per heavy atom. The predicted molar refractivity (Wildman–Crippen MR) is 64.7 cm³/mol. The molecule has 0 spiro atoms. The van der Waals surface area contributed by atoms with Gasteiger partial charge in [0.1, 0.15) is 0 Å². The van der Waals surface area contributed by atoms with Crippen molar-refractivity contribution in [1.29, 1.82) is 0 Å². The van der Waals surface area contributed by atoms with Crippen LogP contribution in [0.2, 0.25) is 0 Å². The second kappa shape index (κ2) is 5.47. The van der Waals surface area contributed by atoms with E-state index < -0.39 is 28.6 Å². The Hall–Kier alpha value is -1.44. The third-order valence-electron chi connectivity index (χ3n) is 2.38. The van der Waals surface area contributed by atoms with Crippen molar-refractivity contribution in [2.24, 2.45) is 0 Å². The first-order valence-corrected chi connectivity index (χ1v) is 6.70. The maximum absolute atomic E-state index is 11.9. The number of aliphatic hydroxyl groups is 1. The zero-order valence-electron chi connectivity index (χ0n) is 10.0. The largest absolute Gasteiger partial charge is 0.479 e. The lowest BCUT2D eigenvalue weighted by molar-refractivity contribution is -0.146. The first kappa shape index (κ1) is 14.6. The molecule has 0 aliphatic heterocycles. The molecule has 1 aromatic rings. The molecule has 0 heterocycles. The quantitative estimate of drug-likeness (QED) is 0.702. The van der Waals surface area contributed by atoms with Gasteiger partial charge in [0, 0.05) is 6.54 Å². The van der Waals surface area contributed by atoms with Gasteiger partial charge < -0.3 is 10.2 Å². The van der Waals surface area contributed by atoms with Crippen molar-refractivity contribution in [2.45, 2.75) is 24.8 Å². The molecule has 0 fully saturated rings. The van der Waals surface area contributed by atoms with Gasteiger partial charge in [-0.25, -0.2) is 17.9 Å². The Kier molecular flexibility index (Phi) is 4.44. The van der Waals surface area contributed by atoms with Crippen LogP contribution in [0, 0.1) is 13.8 Å². The average molecular weight is 273 g/mol. The topological polar surface area (TPSA) is 104 Å². The Morgan fingerprint density at radius 1 is 1.39 bits per heavy atom. The molecule has 7 heteroatoms. The molecule has 0 unspecified atom stereocenters. The lowest BCUT2D eigenvalue weighted by atomic mass is 10.2. The van der Waals surface area contributed by atoms with E-state index in [0.717, 1.165) is 5.56 Å². The monoisotopic (exact) mass is 273 g/mol. The average Bonchev–Trinajstić information content (AvgIpc) is 2.29. The molecule has 3 N–H and O–H groups in total. The molecular formula is C11H15NO5S. The van der Waals surface area contributed by atoms with E-state index in [1.54, 1.807) is 26.0 Å². The number of aryl methyl sites for hydroxylation is 2. The normalized spacial score (nSPS) is 13.3. The van der Waals surface area contributed by atoms with Gasteiger partial charge in [0.05, 0.1) is 4.90 Å². The van der Waals surface area contributed by atoms with Crippen LogP contribution in [-0.2, 0) is 14.8 Å². The van der Waals surface area contributed by atoms with Crippen LogP contribution in [0.5, 0.6) is 0 Å². The number of aliphatic carboxylic acids is 1. The number of carbonyl (C=O) groups is 1. The molecule has 0 amide bonds. The standard InChI is InChI=1S/C11H15NO5S/c1-7-3-4-8(2)10(5-7)18(16,17)12-6-9(13)11(14)15/h3-5,9,12-13H,6H2,1-2H3,(H,14,15)/t9-/m0/s1. The highest BCUT2D eigenvalue weighted by atomic mass is 32.2. The molecule has 0 aromatic heterocycles. The van der Waals surface area contributed by atoms with Gasteiger partial charge >= 0.3 is 5.97 Å². The number of rotatable bonds is 5. The van der Waals surface area contributed by atoms with Crippen LogP contribution in [0.25, 0.3) is 0 Å². The minimum atomic E-state index is -3.82. The van der Waals surface area contributed by atoms with Crippen LogP contribution in [-0.4, -0.2) is 37.2 Å². The highest BCUT2D eigenvalue weighted by molar-refractivity contribution is 7.89. The number of sulfonamides is 1. The fourth-order valence-corrected chi connectivity index (χ4v) is 2.72. The van der Waals surface area contributed by atoms with E-state index in [4.69, 9.17) is 10.2 Å². The van der Waals surface area contributed by atoms with Crippen molar-refractivity contribution in [3.05, 3.63) is 29.3 Å². The molecule has 1 rings (SSSR count). The van der Waals surface area contributed by atoms with Crippen LogP contribution in [0.1, 0.15) is 11.1 Å². The summed E-state index contributed by atoms with van der Waals surface area (Å²) in [6.07, 6.45) is -1.76. The van der Waals surface area contributed by atoms with Gasteiger partial charge in [-0.1, -0.05) is 12.1 Å². The molecule has 0 saturated heterocycles. The van der Waals surface area contributed by atoms with E-state index in [-0.39, 0.29) is 4.90 Å². The molecule has 0 radical (unpaired) electrons. The molecule has 6 nitrogen and oxygen atoms in total. The van der Waals surface area contributed by atoms with Crippen molar-refractivity contribution in [3.8, 4) is 0 Å². The molecule has 1 aromatic carbocycles. The lowest BCUT2D eigenvalue weighted by Crippen LogP contribution is -2.36. The van der Waals surface area contributed by atoms with E-state index in [1.165, 1.54) is 6.07 Å². The number of hydrogen-bond acceptors (Lipinski definition) is 4. The molecule has 1 atom stereocenters. The third-order valence-corrected chi connectivity index (χ3v) is 3.95. The van der Waals surface area contributed by atoms with Crippen molar-refractivity contribution >= 4 is 16.0 Å². The number of benzene rings is 1. The minimum Gasteiger partial charge on any atom is -0.479 e. The molecule has 0 aliphatic rings. The summed E-state index contributed by atoms with van der Waals surface area (Å²) in [5.41, 5.74) is 1.33. The maximum atomic E-state index is 11.9. The van der Waals surface area contributed by atoms with Crippen LogP contribution in [0.3, 0.4) is 0 Å². The van der Waals surface area contributed by atoms with Gasteiger partial charge in [-0.05, 0) is 31.0 Å². The summed E-state index contributed by atoms with van der Waals surface area (Å²) in [4.78, 5) is 10.5. The van der Waals surface area contributed by atoms with Gasteiger partial charge in [-0.2, -0.15) is 0 Å². The molecular weight excluding hydrogens is 258 g/mol. The highest BCUT2D eigenvalue weighted by Crippen LogP contribution is 2.16. The summed E-state index contributed by atoms with van der Waals surface area (Å²) >= 11 is 0. The van der Waals surface area contributed by atoms with Crippen molar-refractivity contribution in [2.75, 3.05) is 6.54 Å². The first-order chi connectivity index (χ1) is 8.24. The highest BCUT2D eigenvalue weighted by Gasteiger charge is 2.20. The zero-order chi connectivity index (χ0) is 13.9. The first-order valence-electron chi connectivity index (χ1n) is 5.22. The van der Waals surface area contributed by atoms with Gasteiger partial charge in [0.15, 0.2) is 6.10 Å². The SMILES string of the molecule is Cc1ccc(C)c(S(=O)(=O)NC[C@H](O)C(=O)O)c1. The molecule has 0 bridgehead atoms. The van der Waals surface area contributed by atoms with E-state index in [0.29, 0.717) is 5.56 Å². The Morgan fingerprint density at radius 3 is 2.56 bits per heavy atom. The van der Waals surface area contributed by atoms with E-state index in [2.05, 4.69) is 4.72 Å². The van der Waals surface area contributed by atoms with Crippen LogP contribution < -0.4 is 4.72 Å². The van der Waals surface area contributed by atoms with E-state index >= 15 is 0 Å². The van der Waals surface area contributed by atoms with E-state index in [1.807, 2.05) is 0 Å². The molecule has 18 heavy (non-hydrogen) atoms. The summed E-state index contributed by atoms with van der Waals surface area (Å²) in [6.45, 7) is 2.83. The molecule has 100 valence electrons. The van der Waals surface area contributed by atoms with Gasteiger partial charge in [0.2, 0.25) is 10.0 Å². The summed E-state index contributed by atoms with van der Waals surface area (Å²) < 4.78 is 25.9. The number of aliphatic hydroxyl groups excluding tert-OH is 1. The van der Waals surface area contributed by atoms with Crippen LogP contribution >= 0.6 is 0 Å². The van der Waals surface area contributed by atoms with Gasteiger partial charge in [-0.3, -0.25) is 0 Å². The zero-order valence-corrected chi connectivity index (χ0v) is 10.9. The van der Waals surface area contributed by atoms with E-state index in [9.17, 15) is 13.2 Å². The fraction of sp³-hybridized carbons (Fsp3) is 0.364. The summed E-state index contributed by atoms with van der Waals surface area (Å²) in [5.74, 6) is -1.47. The Bertz CT molecular complexity index is 553. The van der Waals surface area contributed by atoms with Crippen molar-refractivity contribution < 1.29 is 23.4 Å². The second-order valence-electron chi connectivity index (χ2n) is 3.97. The summed E-state index contributed by atoms with van der Waals surface area (Å²) in [6, 6.07) is 4.93. The smallest absolute Gasteiger partial charge is 0.333 e. The molecule has 0 saturated carbocycles.